The number of nitrogens with zero attached hydrogens (tertiary/aromatic N) is 4. The van der Waals surface area contributed by atoms with Gasteiger partial charge in [0.05, 0.1) is 6.04 Å². The van der Waals surface area contributed by atoms with Crippen LogP contribution in [0.25, 0.3) is 21.9 Å². The fraction of sp³-hybridized carbons (Fsp3) is 0.211. The minimum Gasteiger partial charge on any atom is -0.434 e. The van der Waals surface area contributed by atoms with Gasteiger partial charge in [-0.05, 0) is 43.7 Å². The maximum Gasteiger partial charge on any atom is 0.387 e. The summed E-state index contributed by atoms with van der Waals surface area (Å²) in [4.78, 5) is 7.31. The third-order valence-corrected chi connectivity index (χ3v) is 4.58. The van der Waals surface area contributed by atoms with Gasteiger partial charge in [0, 0.05) is 34.2 Å². The van der Waals surface area contributed by atoms with E-state index in [4.69, 9.17) is 10.00 Å². The Kier molecular flexibility index (Phi) is 4.00. The third-order valence-electron chi connectivity index (χ3n) is 4.58. The number of aromatic amines is 1. The molecule has 1 aromatic carbocycles. The lowest BCUT2D eigenvalue weighted by atomic mass is 9.99. The third kappa shape index (κ3) is 2.87. The summed E-state index contributed by atoms with van der Waals surface area (Å²) in [6.07, 6.45) is 3.54. The molecule has 4 aromatic rings. The molecule has 0 aliphatic heterocycles. The highest BCUT2D eigenvalue weighted by atomic mass is 19.3. The Hall–Kier alpha value is -3.47. The molecular weight excluding hydrogens is 352 g/mol. The zero-order valence-corrected chi connectivity index (χ0v) is 14.6. The SMILES string of the molecule is Cc1cc(OC(F)F)c(C(C)n2cc3ccc(C#N)nc3n2)c2cc[nH]c12. The van der Waals surface area contributed by atoms with E-state index >= 15 is 0 Å². The number of hydrogen-bond acceptors (Lipinski definition) is 4. The number of nitrogens with one attached hydrogen (secondary N) is 1. The molecular formula is C19H15F2N5O. The number of halogens is 2. The van der Waals surface area contributed by atoms with Gasteiger partial charge in [-0.1, -0.05) is 0 Å². The summed E-state index contributed by atoms with van der Waals surface area (Å²) < 4.78 is 32.4. The molecule has 4 rings (SSSR count). The summed E-state index contributed by atoms with van der Waals surface area (Å²) in [5.74, 6) is 0.118. The smallest absolute Gasteiger partial charge is 0.387 e. The minimum absolute atomic E-state index is 0.118. The van der Waals surface area contributed by atoms with E-state index in [1.807, 2.05) is 26.0 Å². The molecule has 0 bridgehead atoms. The summed E-state index contributed by atoms with van der Waals surface area (Å²) in [7, 11) is 0. The fourth-order valence-corrected chi connectivity index (χ4v) is 3.34. The molecule has 136 valence electrons. The van der Waals surface area contributed by atoms with Gasteiger partial charge in [-0.15, -0.1) is 0 Å². The Morgan fingerprint density at radius 2 is 2.11 bits per heavy atom. The molecule has 0 saturated heterocycles. The maximum atomic E-state index is 13.0. The summed E-state index contributed by atoms with van der Waals surface area (Å²) in [5, 5.41) is 15.0. The molecule has 1 unspecified atom stereocenters. The van der Waals surface area contributed by atoms with E-state index in [2.05, 4.69) is 15.1 Å². The van der Waals surface area contributed by atoms with Crippen LogP contribution in [0.15, 0.2) is 36.7 Å². The molecule has 0 saturated carbocycles. The normalized spacial score (nSPS) is 12.6. The van der Waals surface area contributed by atoms with E-state index in [0.29, 0.717) is 11.2 Å². The second kappa shape index (κ2) is 6.36. The van der Waals surface area contributed by atoms with Crippen molar-refractivity contribution in [2.45, 2.75) is 26.5 Å². The highest BCUT2D eigenvalue weighted by molar-refractivity contribution is 5.88. The molecule has 3 heterocycles. The minimum atomic E-state index is -2.93. The van der Waals surface area contributed by atoms with Crippen molar-refractivity contribution in [2.24, 2.45) is 0 Å². The van der Waals surface area contributed by atoms with Gasteiger partial charge < -0.3 is 9.72 Å². The first-order chi connectivity index (χ1) is 13.0. The Balaban J connectivity index is 1.89. The average Bonchev–Trinajstić information content (AvgIpc) is 3.27. The molecule has 0 aliphatic rings. The Morgan fingerprint density at radius 3 is 2.85 bits per heavy atom. The van der Waals surface area contributed by atoms with Crippen LogP contribution in [0, 0.1) is 18.3 Å². The van der Waals surface area contributed by atoms with E-state index in [1.54, 1.807) is 35.3 Å². The number of aryl methyl sites for hydroxylation is 1. The first kappa shape index (κ1) is 17.0. The number of rotatable bonds is 4. The number of aromatic nitrogens is 4. The van der Waals surface area contributed by atoms with E-state index < -0.39 is 12.7 Å². The predicted octanol–water partition coefficient (Wildman–Crippen LogP) is 4.30. The van der Waals surface area contributed by atoms with Gasteiger partial charge in [-0.2, -0.15) is 19.1 Å². The first-order valence-corrected chi connectivity index (χ1v) is 8.29. The van der Waals surface area contributed by atoms with Crippen LogP contribution in [0.3, 0.4) is 0 Å². The van der Waals surface area contributed by atoms with E-state index in [0.717, 1.165) is 21.9 Å². The van der Waals surface area contributed by atoms with E-state index in [1.165, 1.54) is 0 Å². The van der Waals surface area contributed by atoms with Crippen molar-refractivity contribution in [1.29, 1.82) is 5.26 Å². The van der Waals surface area contributed by atoms with E-state index in [-0.39, 0.29) is 11.4 Å². The first-order valence-electron chi connectivity index (χ1n) is 8.29. The van der Waals surface area contributed by atoms with Gasteiger partial charge >= 0.3 is 6.61 Å². The maximum absolute atomic E-state index is 13.0. The highest BCUT2D eigenvalue weighted by Gasteiger charge is 2.22. The number of nitriles is 1. The van der Waals surface area contributed by atoms with Gasteiger partial charge in [-0.3, -0.25) is 4.68 Å². The largest absolute Gasteiger partial charge is 0.434 e. The summed E-state index contributed by atoms with van der Waals surface area (Å²) >= 11 is 0. The van der Waals surface area contributed by atoms with Crippen LogP contribution in [0.4, 0.5) is 8.78 Å². The van der Waals surface area contributed by atoms with Crippen LogP contribution in [0.1, 0.15) is 29.8 Å². The van der Waals surface area contributed by atoms with Crippen molar-refractivity contribution in [3.8, 4) is 11.8 Å². The number of H-pyrrole nitrogens is 1. The quantitative estimate of drug-likeness (QED) is 0.583. The topological polar surface area (TPSA) is 79.5 Å². The second-order valence-corrected chi connectivity index (χ2v) is 6.26. The van der Waals surface area contributed by atoms with Crippen molar-refractivity contribution in [3.05, 3.63) is 53.5 Å². The molecule has 0 amide bonds. The Morgan fingerprint density at radius 1 is 1.30 bits per heavy atom. The highest BCUT2D eigenvalue weighted by Crippen LogP contribution is 2.37. The average molecular weight is 367 g/mol. The van der Waals surface area contributed by atoms with Crippen molar-refractivity contribution >= 4 is 21.9 Å². The molecule has 27 heavy (non-hydrogen) atoms. The van der Waals surface area contributed by atoms with Gasteiger partial charge in [0.15, 0.2) is 5.65 Å². The van der Waals surface area contributed by atoms with Crippen LogP contribution in [-0.4, -0.2) is 26.4 Å². The number of hydrogen-bond donors (Lipinski definition) is 1. The molecule has 1 N–H and O–H groups in total. The Labute approximate surface area is 153 Å². The van der Waals surface area contributed by atoms with Crippen LogP contribution in [0.5, 0.6) is 5.75 Å². The van der Waals surface area contributed by atoms with Crippen LogP contribution in [-0.2, 0) is 0 Å². The lowest BCUT2D eigenvalue weighted by Crippen LogP contribution is -2.12. The molecule has 0 fully saturated rings. The second-order valence-electron chi connectivity index (χ2n) is 6.26. The molecule has 0 spiro atoms. The van der Waals surface area contributed by atoms with Crippen molar-refractivity contribution in [1.82, 2.24) is 19.7 Å². The van der Waals surface area contributed by atoms with Crippen molar-refractivity contribution in [2.75, 3.05) is 0 Å². The number of benzene rings is 1. The van der Waals surface area contributed by atoms with Gasteiger partial charge in [0.1, 0.15) is 17.5 Å². The summed E-state index contributed by atoms with van der Waals surface area (Å²) in [6, 6.07) is 8.40. The van der Waals surface area contributed by atoms with Crippen LogP contribution in [0.2, 0.25) is 0 Å². The zero-order valence-electron chi connectivity index (χ0n) is 14.6. The molecule has 0 aliphatic carbocycles. The van der Waals surface area contributed by atoms with Gasteiger partial charge in [0.25, 0.3) is 0 Å². The lowest BCUT2D eigenvalue weighted by Gasteiger charge is -2.19. The molecule has 8 heteroatoms. The van der Waals surface area contributed by atoms with E-state index in [9.17, 15) is 8.78 Å². The predicted molar refractivity (Wildman–Crippen MR) is 95.7 cm³/mol. The van der Waals surface area contributed by atoms with Crippen molar-refractivity contribution in [3.63, 3.8) is 0 Å². The molecule has 1 atom stereocenters. The fourth-order valence-electron chi connectivity index (χ4n) is 3.34. The molecule has 6 nitrogen and oxygen atoms in total. The van der Waals surface area contributed by atoms with Gasteiger partial charge in [0.2, 0.25) is 0 Å². The molecule has 0 radical (unpaired) electrons. The van der Waals surface area contributed by atoms with Crippen molar-refractivity contribution < 1.29 is 13.5 Å². The molecule has 3 aromatic heterocycles. The number of alkyl halides is 2. The number of pyridine rings is 1. The van der Waals surface area contributed by atoms with Crippen LogP contribution >= 0.6 is 0 Å². The zero-order chi connectivity index (χ0) is 19.1. The van der Waals surface area contributed by atoms with Gasteiger partial charge in [-0.25, -0.2) is 4.98 Å². The summed E-state index contributed by atoms with van der Waals surface area (Å²) in [6.45, 7) is 0.761. The standard InChI is InChI=1S/C19H15F2N5O/c1-10-7-15(27-19(20)21)16(14-5-6-23-17(10)14)11(2)26-9-12-3-4-13(8-22)24-18(12)25-26/h3-7,9,11,19,23H,1-2H3. The summed E-state index contributed by atoms with van der Waals surface area (Å²) in [5.41, 5.74) is 2.97. The Bertz CT molecular complexity index is 1190. The monoisotopic (exact) mass is 367 g/mol. The van der Waals surface area contributed by atoms with Crippen LogP contribution < -0.4 is 4.74 Å². The lowest BCUT2D eigenvalue weighted by molar-refractivity contribution is -0.0505. The number of fused-ring (bicyclic) bond motifs is 2. The number of ether oxygens (including phenoxy) is 1.